The molecule has 0 spiro atoms. The van der Waals surface area contributed by atoms with Crippen molar-refractivity contribution in [3.05, 3.63) is 71.8 Å². The number of hydrogen-bond donors (Lipinski definition) is 1. The molecule has 1 aliphatic rings. The normalized spacial score (nSPS) is 13.7. The van der Waals surface area contributed by atoms with E-state index in [4.69, 9.17) is 4.74 Å². The average Bonchev–Trinajstić information content (AvgIpc) is 2.74. The number of nitrogens with zero attached hydrogens (tertiary/aromatic N) is 2. The van der Waals surface area contributed by atoms with Gasteiger partial charge in [-0.3, -0.25) is 9.59 Å². The van der Waals surface area contributed by atoms with Crippen LogP contribution in [0.5, 0.6) is 0 Å². The zero-order valence-electron chi connectivity index (χ0n) is 15.1. The quantitative estimate of drug-likeness (QED) is 0.630. The number of carbonyl (C=O) groups is 2. The molecule has 0 atom stereocenters. The molecule has 1 N–H and O–H groups in total. The van der Waals surface area contributed by atoms with Crippen LogP contribution in [0.4, 0.5) is 0 Å². The molecule has 2 amide bonds. The monoisotopic (exact) mass is 365 g/mol. The lowest BCUT2D eigenvalue weighted by molar-refractivity contribution is -0.137. The minimum absolute atomic E-state index is 0.0243. The second-order valence-electron chi connectivity index (χ2n) is 6.22. The second kappa shape index (κ2) is 9.64. The molecule has 140 valence electrons. The number of benzene rings is 2. The molecule has 3 rings (SSSR count). The first kappa shape index (κ1) is 18.8. The smallest absolute Gasteiger partial charge is 0.240 e. The summed E-state index contributed by atoms with van der Waals surface area (Å²) in [5, 5.41) is 4.33. The van der Waals surface area contributed by atoms with E-state index in [0.717, 1.165) is 11.1 Å². The van der Waals surface area contributed by atoms with E-state index >= 15 is 0 Å². The number of morpholine rings is 1. The topological polar surface area (TPSA) is 71.0 Å². The van der Waals surface area contributed by atoms with E-state index in [1.165, 1.54) is 0 Å². The summed E-state index contributed by atoms with van der Waals surface area (Å²) in [6, 6.07) is 19.4. The van der Waals surface area contributed by atoms with Gasteiger partial charge in [-0.2, -0.15) is 5.10 Å². The summed E-state index contributed by atoms with van der Waals surface area (Å²) >= 11 is 0. The molecule has 27 heavy (non-hydrogen) atoms. The molecule has 1 saturated heterocycles. The van der Waals surface area contributed by atoms with E-state index in [0.29, 0.717) is 32.0 Å². The lowest BCUT2D eigenvalue weighted by Gasteiger charge is -2.26. The molecule has 1 fully saturated rings. The predicted octanol–water partition coefficient (Wildman–Crippen LogP) is 2.19. The van der Waals surface area contributed by atoms with Crippen LogP contribution in [-0.2, 0) is 14.3 Å². The van der Waals surface area contributed by atoms with Crippen LogP contribution in [0, 0.1) is 0 Å². The van der Waals surface area contributed by atoms with Crippen LogP contribution >= 0.6 is 0 Å². The molecule has 2 aromatic rings. The summed E-state index contributed by atoms with van der Waals surface area (Å²) in [5.74, 6) is -0.301. The molecule has 1 heterocycles. The van der Waals surface area contributed by atoms with Crippen LogP contribution in [0.15, 0.2) is 65.8 Å². The lowest BCUT2D eigenvalue weighted by Crippen LogP contribution is -2.41. The van der Waals surface area contributed by atoms with Crippen molar-refractivity contribution >= 4 is 17.5 Å². The highest BCUT2D eigenvalue weighted by Gasteiger charge is 2.17. The Morgan fingerprint density at radius 1 is 0.889 bits per heavy atom. The molecule has 2 aromatic carbocycles. The first-order chi connectivity index (χ1) is 13.2. The Morgan fingerprint density at radius 3 is 2.00 bits per heavy atom. The maximum Gasteiger partial charge on any atom is 0.240 e. The fourth-order valence-corrected chi connectivity index (χ4v) is 2.85. The van der Waals surface area contributed by atoms with Crippen LogP contribution in [0.25, 0.3) is 0 Å². The molecule has 0 radical (unpaired) electrons. The van der Waals surface area contributed by atoms with Gasteiger partial charge in [0.25, 0.3) is 0 Å². The zero-order chi connectivity index (χ0) is 18.9. The molecule has 6 nitrogen and oxygen atoms in total. The minimum Gasteiger partial charge on any atom is -0.378 e. The largest absolute Gasteiger partial charge is 0.378 e. The number of hydrazone groups is 1. The molecule has 0 aromatic heterocycles. The Morgan fingerprint density at radius 2 is 1.44 bits per heavy atom. The van der Waals surface area contributed by atoms with E-state index in [-0.39, 0.29) is 24.7 Å². The van der Waals surface area contributed by atoms with Gasteiger partial charge in [-0.25, -0.2) is 5.43 Å². The van der Waals surface area contributed by atoms with Crippen molar-refractivity contribution in [3.8, 4) is 0 Å². The summed E-state index contributed by atoms with van der Waals surface area (Å²) in [5.41, 5.74) is 5.10. The molecule has 1 aliphatic heterocycles. The number of ether oxygens (including phenoxy) is 1. The van der Waals surface area contributed by atoms with Crippen LogP contribution in [0.1, 0.15) is 24.0 Å². The maximum atomic E-state index is 12.2. The lowest BCUT2D eigenvalue weighted by atomic mass is 10.0. The van der Waals surface area contributed by atoms with Gasteiger partial charge in [0.1, 0.15) is 0 Å². The fourth-order valence-electron chi connectivity index (χ4n) is 2.85. The Labute approximate surface area is 158 Å². The van der Waals surface area contributed by atoms with Gasteiger partial charge in [0, 0.05) is 37.1 Å². The third kappa shape index (κ3) is 5.49. The highest BCUT2D eigenvalue weighted by atomic mass is 16.5. The molecule has 0 bridgehead atoms. The van der Waals surface area contributed by atoms with E-state index in [1.807, 2.05) is 60.7 Å². The highest BCUT2D eigenvalue weighted by Crippen LogP contribution is 2.10. The number of rotatable bonds is 6. The SMILES string of the molecule is O=C(CCC(=O)N1CCOCC1)NN=C(c1ccccc1)c1ccccc1. The Bertz CT molecular complexity index is 743. The Hall–Kier alpha value is -2.99. The van der Waals surface area contributed by atoms with Gasteiger partial charge >= 0.3 is 0 Å². The second-order valence-corrected chi connectivity index (χ2v) is 6.22. The third-order valence-corrected chi connectivity index (χ3v) is 4.32. The third-order valence-electron chi connectivity index (χ3n) is 4.32. The first-order valence-electron chi connectivity index (χ1n) is 9.07. The van der Waals surface area contributed by atoms with Crippen molar-refractivity contribution in [2.75, 3.05) is 26.3 Å². The van der Waals surface area contributed by atoms with E-state index in [1.54, 1.807) is 4.90 Å². The van der Waals surface area contributed by atoms with Crippen molar-refractivity contribution in [3.63, 3.8) is 0 Å². The Balaban J connectivity index is 1.62. The van der Waals surface area contributed by atoms with Gasteiger partial charge in [0.05, 0.1) is 18.9 Å². The number of amides is 2. The summed E-state index contributed by atoms with van der Waals surface area (Å²) in [6.07, 6.45) is 0.282. The van der Waals surface area contributed by atoms with Crippen molar-refractivity contribution in [1.29, 1.82) is 0 Å². The van der Waals surface area contributed by atoms with Gasteiger partial charge in [0.15, 0.2) is 0 Å². The first-order valence-corrected chi connectivity index (χ1v) is 9.07. The van der Waals surface area contributed by atoms with Crippen molar-refractivity contribution in [1.82, 2.24) is 10.3 Å². The van der Waals surface area contributed by atoms with Crippen LogP contribution < -0.4 is 5.43 Å². The van der Waals surface area contributed by atoms with Crippen molar-refractivity contribution < 1.29 is 14.3 Å². The predicted molar refractivity (Wildman–Crippen MR) is 103 cm³/mol. The van der Waals surface area contributed by atoms with Crippen LogP contribution in [-0.4, -0.2) is 48.7 Å². The zero-order valence-corrected chi connectivity index (χ0v) is 15.1. The molecular weight excluding hydrogens is 342 g/mol. The molecular formula is C21H23N3O3. The molecule has 6 heteroatoms. The number of carbonyl (C=O) groups excluding carboxylic acids is 2. The summed E-state index contributed by atoms with van der Waals surface area (Å²) < 4.78 is 5.23. The minimum atomic E-state index is -0.277. The molecule has 0 aliphatic carbocycles. The average molecular weight is 365 g/mol. The fraction of sp³-hybridized carbons (Fsp3) is 0.286. The Kier molecular flexibility index (Phi) is 6.71. The standard InChI is InChI=1S/C21H23N3O3/c25-19(11-12-20(26)24-13-15-27-16-14-24)22-23-21(17-7-3-1-4-8-17)18-9-5-2-6-10-18/h1-10H,11-16H2,(H,22,25). The summed E-state index contributed by atoms with van der Waals surface area (Å²) in [7, 11) is 0. The van der Waals surface area contributed by atoms with Gasteiger partial charge in [-0.1, -0.05) is 60.7 Å². The number of hydrogen-bond acceptors (Lipinski definition) is 4. The van der Waals surface area contributed by atoms with Gasteiger partial charge in [-0.15, -0.1) is 0 Å². The van der Waals surface area contributed by atoms with Crippen molar-refractivity contribution in [2.24, 2.45) is 5.10 Å². The summed E-state index contributed by atoms with van der Waals surface area (Å²) in [4.78, 5) is 26.1. The van der Waals surface area contributed by atoms with Crippen LogP contribution in [0.3, 0.4) is 0 Å². The van der Waals surface area contributed by atoms with Crippen LogP contribution in [0.2, 0.25) is 0 Å². The number of nitrogens with one attached hydrogen (secondary N) is 1. The van der Waals surface area contributed by atoms with E-state index in [9.17, 15) is 9.59 Å². The summed E-state index contributed by atoms with van der Waals surface area (Å²) in [6.45, 7) is 2.29. The van der Waals surface area contributed by atoms with E-state index in [2.05, 4.69) is 10.5 Å². The molecule has 0 unspecified atom stereocenters. The van der Waals surface area contributed by atoms with Crippen molar-refractivity contribution in [2.45, 2.75) is 12.8 Å². The highest BCUT2D eigenvalue weighted by molar-refractivity contribution is 6.13. The van der Waals surface area contributed by atoms with Gasteiger partial charge in [0.2, 0.25) is 11.8 Å². The van der Waals surface area contributed by atoms with Gasteiger partial charge < -0.3 is 9.64 Å². The maximum absolute atomic E-state index is 12.2. The van der Waals surface area contributed by atoms with E-state index < -0.39 is 0 Å². The van der Waals surface area contributed by atoms with Gasteiger partial charge in [-0.05, 0) is 0 Å². The molecule has 0 saturated carbocycles.